The number of imidazole rings is 1. The van der Waals surface area contributed by atoms with Gasteiger partial charge in [-0.05, 0) is 30.0 Å². The van der Waals surface area contributed by atoms with E-state index in [1.165, 1.54) is 0 Å². The first-order valence-corrected chi connectivity index (χ1v) is 7.86. The fourth-order valence-corrected chi connectivity index (χ4v) is 2.22. The Hall–Kier alpha value is -1.30. The second-order valence-corrected chi connectivity index (χ2v) is 6.85. The number of anilines is 1. The normalized spacial score (nSPS) is 12.2. The zero-order chi connectivity index (χ0) is 16.3. The molecule has 1 aromatic heterocycles. The second kappa shape index (κ2) is 9.25. The highest BCUT2D eigenvalue weighted by Gasteiger charge is 2.27. The van der Waals surface area contributed by atoms with Crippen LogP contribution in [0.15, 0.2) is 18.2 Å². The fraction of sp³-hybridized carbons (Fsp3) is 0.529. The predicted molar refractivity (Wildman–Crippen MR) is 105 cm³/mol. The molecular formula is C17H28Cl2N4O. The molecule has 0 bridgehead atoms. The number of hydrogen-bond acceptors (Lipinski definition) is 3. The molecule has 1 heterocycles. The van der Waals surface area contributed by atoms with Gasteiger partial charge in [0.05, 0.1) is 17.1 Å². The van der Waals surface area contributed by atoms with Crippen molar-refractivity contribution < 1.29 is 4.79 Å². The highest BCUT2D eigenvalue weighted by molar-refractivity contribution is 5.96. The summed E-state index contributed by atoms with van der Waals surface area (Å²) in [5.74, 6) is 0.823. The summed E-state index contributed by atoms with van der Waals surface area (Å²) in [4.78, 5) is 20.0. The summed E-state index contributed by atoms with van der Waals surface area (Å²) in [5.41, 5.74) is 8.31. The highest BCUT2D eigenvalue weighted by Crippen LogP contribution is 2.21. The van der Waals surface area contributed by atoms with E-state index in [4.69, 9.17) is 5.73 Å². The van der Waals surface area contributed by atoms with E-state index < -0.39 is 6.04 Å². The lowest BCUT2D eigenvalue weighted by molar-refractivity contribution is -0.119. The third-order valence-corrected chi connectivity index (χ3v) is 3.78. The van der Waals surface area contributed by atoms with Crippen molar-refractivity contribution in [2.24, 2.45) is 11.1 Å². The van der Waals surface area contributed by atoms with Crippen molar-refractivity contribution in [3.05, 3.63) is 24.0 Å². The van der Waals surface area contributed by atoms with Crippen LogP contribution in [-0.4, -0.2) is 21.9 Å². The zero-order valence-corrected chi connectivity index (χ0v) is 16.3. The minimum absolute atomic E-state index is 0. The van der Waals surface area contributed by atoms with E-state index in [1.807, 2.05) is 39.0 Å². The summed E-state index contributed by atoms with van der Waals surface area (Å²) in [6, 6.07) is 5.13. The number of rotatable bonds is 5. The van der Waals surface area contributed by atoms with Gasteiger partial charge in [-0.3, -0.25) is 4.79 Å². The van der Waals surface area contributed by atoms with Crippen LogP contribution in [0.4, 0.5) is 5.69 Å². The van der Waals surface area contributed by atoms with Crippen LogP contribution >= 0.6 is 24.8 Å². The number of nitrogens with two attached hydrogens (primary N) is 1. The summed E-state index contributed by atoms with van der Waals surface area (Å²) in [5, 5.41) is 2.88. The number of unbranched alkanes of at least 4 members (excludes halogenated alkanes) is 1. The number of benzene rings is 1. The molecular weight excluding hydrogens is 347 g/mol. The molecule has 0 aliphatic rings. The molecule has 4 N–H and O–H groups in total. The molecule has 5 nitrogen and oxygen atoms in total. The van der Waals surface area contributed by atoms with Gasteiger partial charge in [-0.1, -0.05) is 34.1 Å². The van der Waals surface area contributed by atoms with Crippen molar-refractivity contribution in [2.45, 2.75) is 53.0 Å². The minimum Gasteiger partial charge on any atom is -0.342 e. The van der Waals surface area contributed by atoms with Gasteiger partial charge in [0.1, 0.15) is 5.82 Å². The van der Waals surface area contributed by atoms with Crippen LogP contribution in [0.25, 0.3) is 11.0 Å². The quantitative estimate of drug-likeness (QED) is 0.737. The Morgan fingerprint density at radius 3 is 2.58 bits per heavy atom. The minimum atomic E-state index is -0.551. The Morgan fingerprint density at radius 1 is 1.33 bits per heavy atom. The molecule has 7 heteroatoms. The van der Waals surface area contributed by atoms with E-state index >= 15 is 0 Å². The van der Waals surface area contributed by atoms with Gasteiger partial charge in [-0.25, -0.2) is 4.98 Å². The van der Waals surface area contributed by atoms with Crippen LogP contribution in [0.2, 0.25) is 0 Å². The molecule has 136 valence electrons. The Morgan fingerprint density at radius 2 is 2.00 bits per heavy atom. The maximum absolute atomic E-state index is 12.2. The number of carbonyl (C=O) groups is 1. The number of aromatic nitrogens is 2. The predicted octanol–water partition coefficient (Wildman–Crippen LogP) is 4.06. The standard InChI is InChI=1S/C17H26N4O.2ClH/c1-5-6-7-14-20-12-9-8-11(10-13(12)21-14)19-16(22)15(18)17(2,3)4;;/h8-10,15H,5-7,18H2,1-4H3,(H,19,22)(H,20,21);2*1H/t15-;;/m1../s1. The number of H-pyrrole nitrogens is 1. The maximum atomic E-state index is 12.2. The van der Waals surface area contributed by atoms with Gasteiger partial charge in [0.2, 0.25) is 5.91 Å². The smallest absolute Gasteiger partial charge is 0.241 e. The van der Waals surface area contributed by atoms with E-state index in [1.54, 1.807) is 0 Å². The average molecular weight is 375 g/mol. The SMILES string of the molecule is CCCCc1nc2ccc(NC(=O)[C@@H](N)C(C)(C)C)cc2[nH]1.Cl.Cl. The monoisotopic (exact) mass is 374 g/mol. The van der Waals surface area contributed by atoms with E-state index in [-0.39, 0.29) is 36.1 Å². The van der Waals surface area contributed by atoms with E-state index in [9.17, 15) is 4.79 Å². The first-order chi connectivity index (χ1) is 10.3. The molecule has 2 aromatic rings. The van der Waals surface area contributed by atoms with Gasteiger partial charge in [0.15, 0.2) is 0 Å². The summed E-state index contributed by atoms with van der Waals surface area (Å²) < 4.78 is 0. The number of nitrogens with one attached hydrogen (secondary N) is 2. The topological polar surface area (TPSA) is 83.8 Å². The molecule has 0 unspecified atom stereocenters. The van der Waals surface area contributed by atoms with Gasteiger partial charge < -0.3 is 16.0 Å². The number of aryl methyl sites for hydroxylation is 1. The summed E-state index contributed by atoms with van der Waals surface area (Å²) in [7, 11) is 0. The Balaban J connectivity index is 0.00000264. The molecule has 2 rings (SSSR count). The van der Waals surface area contributed by atoms with Crippen molar-refractivity contribution in [3.63, 3.8) is 0 Å². The van der Waals surface area contributed by atoms with Crippen molar-refractivity contribution in [3.8, 4) is 0 Å². The number of amides is 1. The summed E-state index contributed by atoms with van der Waals surface area (Å²) in [6.45, 7) is 8.02. The van der Waals surface area contributed by atoms with Crippen LogP contribution in [0.3, 0.4) is 0 Å². The zero-order valence-electron chi connectivity index (χ0n) is 14.7. The number of hydrogen-bond donors (Lipinski definition) is 3. The third-order valence-electron chi connectivity index (χ3n) is 3.78. The molecule has 0 radical (unpaired) electrons. The molecule has 0 aliphatic carbocycles. The molecule has 1 atom stereocenters. The number of carbonyl (C=O) groups excluding carboxylic acids is 1. The first kappa shape index (κ1) is 22.7. The molecule has 0 saturated carbocycles. The van der Waals surface area contributed by atoms with Crippen LogP contribution in [0.5, 0.6) is 0 Å². The Bertz CT molecular complexity index is 664. The lowest BCUT2D eigenvalue weighted by atomic mass is 9.87. The molecule has 0 fully saturated rings. The van der Waals surface area contributed by atoms with Crippen LogP contribution < -0.4 is 11.1 Å². The first-order valence-electron chi connectivity index (χ1n) is 7.86. The molecule has 0 spiro atoms. The number of halogens is 2. The van der Waals surface area contributed by atoms with Gasteiger partial charge in [-0.15, -0.1) is 24.8 Å². The maximum Gasteiger partial charge on any atom is 0.241 e. The van der Waals surface area contributed by atoms with E-state index in [0.29, 0.717) is 0 Å². The molecule has 1 amide bonds. The fourth-order valence-electron chi connectivity index (χ4n) is 2.22. The second-order valence-electron chi connectivity index (χ2n) is 6.85. The summed E-state index contributed by atoms with van der Waals surface area (Å²) in [6.07, 6.45) is 3.20. The van der Waals surface area contributed by atoms with E-state index in [2.05, 4.69) is 22.2 Å². The van der Waals surface area contributed by atoms with E-state index in [0.717, 1.165) is 41.8 Å². The van der Waals surface area contributed by atoms with Crippen molar-refractivity contribution >= 4 is 47.4 Å². The van der Waals surface area contributed by atoms with Crippen LogP contribution in [0, 0.1) is 5.41 Å². The summed E-state index contributed by atoms with van der Waals surface area (Å²) >= 11 is 0. The average Bonchev–Trinajstić information content (AvgIpc) is 2.85. The number of fused-ring (bicyclic) bond motifs is 1. The Kier molecular flexibility index (Phi) is 8.75. The van der Waals surface area contributed by atoms with Crippen molar-refractivity contribution in [1.29, 1.82) is 0 Å². The molecule has 0 saturated heterocycles. The highest BCUT2D eigenvalue weighted by atomic mass is 35.5. The number of aromatic amines is 1. The Labute approximate surface area is 156 Å². The molecule has 24 heavy (non-hydrogen) atoms. The van der Waals surface area contributed by atoms with Gasteiger partial charge in [0.25, 0.3) is 0 Å². The van der Waals surface area contributed by atoms with Gasteiger partial charge in [0, 0.05) is 12.1 Å². The number of nitrogens with zero attached hydrogens (tertiary/aromatic N) is 1. The van der Waals surface area contributed by atoms with Gasteiger partial charge >= 0.3 is 0 Å². The van der Waals surface area contributed by atoms with Gasteiger partial charge in [-0.2, -0.15) is 0 Å². The molecule has 0 aliphatic heterocycles. The van der Waals surface area contributed by atoms with Crippen LogP contribution in [-0.2, 0) is 11.2 Å². The lowest BCUT2D eigenvalue weighted by Crippen LogP contribution is -2.45. The largest absolute Gasteiger partial charge is 0.342 e. The van der Waals surface area contributed by atoms with Crippen molar-refractivity contribution in [2.75, 3.05) is 5.32 Å². The van der Waals surface area contributed by atoms with Crippen molar-refractivity contribution in [1.82, 2.24) is 9.97 Å². The molecule has 1 aromatic carbocycles. The third kappa shape index (κ3) is 5.65. The lowest BCUT2D eigenvalue weighted by Gasteiger charge is -2.25. The van der Waals surface area contributed by atoms with Crippen LogP contribution in [0.1, 0.15) is 46.4 Å².